The number of rotatable bonds is 4. The number of aromatic amines is 2. The molecule has 2 aromatic heterocycles. The molecule has 1 amide bonds. The number of piperazine rings is 1. The molecule has 1 fully saturated rings. The molecule has 0 spiro atoms. The number of hydrogen-bond donors (Lipinski definition) is 2. The third-order valence-electron chi connectivity index (χ3n) is 8.19. The Labute approximate surface area is 251 Å². The zero-order valence-corrected chi connectivity index (χ0v) is 24.7. The largest absolute Gasteiger partial charge is 0.417 e. The summed E-state index contributed by atoms with van der Waals surface area (Å²) < 4.78 is 66.6. The molecule has 0 bridgehead atoms. The van der Waals surface area contributed by atoms with E-state index >= 15 is 13.2 Å². The first-order valence-corrected chi connectivity index (χ1v) is 14.8. The highest BCUT2D eigenvalue weighted by atomic mass is 32.2. The van der Waals surface area contributed by atoms with Gasteiger partial charge in [0.1, 0.15) is 17.2 Å². The monoisotopic (exact) mass is 632 g/mol. The third kappa shape index (κ3) is 4.78. The Morgan fingerprint density at radius 3 is 2.45 bits per heavy atom. The molecule has 4 aromatic rings. The van der Waals surface area contributed by atoms with Crippen LogP contribution in [0.1, 0.15) is 19.4 Å². The van der Waals surface area contributed by atoms with Gasteiger partial charge in [0, 0.05) is 59.4 Å². The van der Waals surface area contributed by atoms with E-state index in [1.807, 2.05) is 13.8 Å². The van der Waals surface area contributed by atoms with Crippen molar-refractivity contribution in [2.75, 3.05) is 30.9 Å². The number of nitrogens with zero attached hydrogens (tertiary/aromatic N) is 4. The number of methoxy groups -OCH3 is 1. The standard InChI is InChI=1S/C29H28F4N6O4S/c1-5-20(40)39-13(2)9-37(10-14(39)3)26-17-8-18(29(31,32)33)21(16-6-7-19(30)23-22(16)34-27(41)35-23)25-24(17)38(28(42)36-26)11-15(43-4)12-44-25/h5-8,13-15H,1,9-12H2,2-4H3,(H2,34,35,41)/t13-,14+,15-/m0/s1. The maximum Gasteiger partial charge on any atom is 0.417 e. The molecule has 0 aliphatic carbocycles. The van der Waals surface area contributed by atoms with E-state index in [1.54, 1.807) is 9.80 Å². The number of fused-ring (bicyclic) bond motifs is 1. The summed E-state index contributed by atoms with van der Waals surface area (Å²) in [5.74, 6) is -0.804. The molecule has 2 aliphatic rings. The van der Waals surface area contributed by atoms with Gasteiger partial charge in [0.2, 0.25) is 5.91 Å². The van der Waals surface area contributed by atoms with Crippen molar-refractivity contribution in [2.45, 2.75) is 49.7 Å². The molecule has 15 heteroatoms. The number of aromatic nitrogens is 4. The fourth-order valence-corrected chi connectivity index (χ4v) is 7.66. The number of nitrogens with one attached hydrogen (secondary N) is 2. The van der Waals surface area contributed by atoms with Crippen LogP contribution in [-0.2, 0) is 22.3 Å². The van der Waals surface area contributed by atoms with Crippen molar-refractivity contribution in [3.05, 3.63) is 63.2 Å². The van der Waals surface area contributed by atoms with E-state index in [1.165, 1.54) is 23.8 Å². The van der Waals surface area contributed by atoms with Gasteiger partial charge in [-0.05, 0) is 38.1 Å². The maximum atomic E-state index is 15.0. The van der Waals surface area contributed by atoms with E-state index in [-0.39, 0.29) is 87.2 Å². The maximum absolute atomic E-state index is 15.0. The van der Waals surface area contributed by atoms with Crippen molar-refractivity contribution in [1.82, 2.24) is 24.4 Å². The van der Waals surface area contributed by atoms with Crippen LogP contribution < -0.4 is 16.3 Å². The van der Waals surface area contributed by atoms with Crippen LogP contribution in [0.5, 0.6) is 0 Å². The number of halogens is 4. The zero-order valence-electron chi connectivity index (χ0n) is 23.9. The minimum absolute atomic E-state index is 0.0398. The zero-order chi connectivity index (χ0) is 31.7. The highest BCUT2D eigenvalue weighted by Crippen LogP contribution is 2.49. The molecule has 0 saturated carbocycles. The Hall–Kier alpha value is -4.11. The fraction of sp³-hybridized carbons (Fsp3) is 0.379. The molecular formula is C29H28F4N6O4S. The normalized spacial score (nSPS) is 20.8. The van der Waals surface area contributed by atoms with Gasteiger partial charge in [-0.2, -0.15) is 18.2 Å². The minimum atomic E-state index is -4.89. The van der Waals surface area contributed by atoms with Crippen LogP contribution in [0.15, 0.2) is 45.3 Å². The van der Waals surface area contributed by atoms with Gasteiger partial charge in [-0.1, -0.05) is 6.58 Å². The topological polar surface area (TPSA) is 116 Å². The molecule has 232 valence electrons. The van der Waals surface area contributed by atoms with Crippen molar-refractivity contribution in [2.24, 2.45) is 0 Å². The van der Waals surface area contributed by atoms with Crippen molar-refractivity contribution >= 4 is 45.4 Å². The predicted molar refractivity (Wildman–Crippen MR) is 159 cm³/mol. The summed E-state index contributed by atoms with van der Waals surface area (Å²) in [7, 11) is 1.45. The SMILES string of the molecule is C=CC(=O)N1[C@H](C)CN(c2nc(=O)n3c4c(c(-c5ccc(F)c6[nH]c(=O)[nH]c56)c(C(F)(F)F)cc24)SC[C@@H](OC)C3)C[C@@H]1C. The molecule has 44 heavy (non-hydrogen) atoms. The molecule has 10 nitrogen and oxygen atoms in total. The molecule has 4 heterocycles. The number of anilines is 1. The lowest BCUT2D eigenvalue weighted by Gasteiger charge is -2.44. The van der Waals surface area contributed by atoms with Crippen LogP contribution in [0, 0.1) is 5.82 Å². The Balaban J connectivity index is 1.69. The van der Waals surface area contributed by atoms with E-state index in [4.69, 9.17) is 4.74 Å². The summed E-state index contributed by atoms with van der Waals surface area (Å²) in [6.45, 7) is 7.64. The second kappa shape index (κ2) is 10.8. The molecular weight excluding hydrogens is 604 g/mol. The van der Waals surface area contributed by atoms with Gasteiger partial charge in [0.25, 0.3) is 0 Å². The summed E-state index contributed by atoms with van der Waals surface area (Å²) in [5, 5.41) is 0.101. The number of carbonyl (C=O) groups excluding carboxylic acids is 1. The summed E-state index contributed by atoms with van der Waals surface area (Å²) >= 11 is 1.09. The number of H-pyrrole nitrogens is 2. The summed E-state index contributed by atoms with van der Waals surface area (Å²) in [4.78, 5) is 50.9. The molecule has 2 N–H and O–H groups in total. The smallest absolute Gasteiger partial charge is 0.379 e. The average molecular weight is 633 g/mol. The van der Waals surface area contributed by atoms with E-state index < -0.39 is 35.0 Å². The van der Waals surface area contributed by atoms with Crippen LogP contribution in [0.3, 0.4) is 0 Å². The highest BCUT2D eigenvalue weighted by molar-refractivity contribution is 7.99. The number of alkyl halides is 3. The molecule has 1 saturated heterocycles. The highest BCUT2D eigenvalue weighted by Gasteiger charge is 2.40. The number of hydrogen-bond acceptors (Lipinski definition) is 7. The lowest BCUT2D eigenvalue weighted by molar-refractivity contribution is -0.137. The number of amides is 1. The lowest BCUT2D eigenvalue weighted by atomic mass is 9.95. The molecule has 2 aliphatic heterocycles. The van der Waals surface area contributed by atoms with Gasteiger partial charge >= 0.3 is 17.6 Å². The van der Waals surface area contributed by atoms with E-state index in [2.05, 4.69) is 21.5 Å². The van der Waals surface area contributed by atoms with E-state index in [0.717, 1.165) is 23.9 Å². The first-order chi connectivity index (χ1) is 20.8. The van der Waals surface area contributed by atoms with Crippen LogP contribution in [0.4, 0.5) is 23.4 Å². The Kier molecular flexibility index (Phi) is 7.35. The second-order valence-corrected chi connectivity index (χ2v) is 12.0. The fourth-order valence-electron chi connectivity index (χ4n) is 6.34. The van der Waals surface area contributed by atoms with Crippen LogP contribution in [0.25, 0.3) is 33.1 Å². The second-order valence-electron chi connectivity index (χ2n) is 11.0. The average Bonchev–Trinajstić information content (AvgIpc) is 3.25. The summed E-state index contributed by atoms with van der Waals surface area (Å²) in [6.07, 6.45) is -4.21. The van der Waals surface area contributed by atoms with Gasteiger partial charge in [0.05, 0.1) is 29.2 Å². The lowest BCUT2D eigenvalue weighted by Crippen LogP contribution is -2.58. The van der Waals surface area contributed by atoms with Crippen molar-refractivity contribution in [1.29, 1.82) is 0 Å². The summed E-state index contributed by atoms with van der Waals surface area (Å²) in [6, 6.07) is 2.44. The number of imidazole rings is 1. The molecule has 0 radical (unpaired) electrons. The van der Waals surface area contributed by atoms with E-state index in [0.29, 0.717) is 0 Å². The number of ether oxygens (including phenoxy) is 1. The summed E-state index contributed by atoms with van der Waals surface area (Å²) in [5.41, 5.74) is -2.99. The molecule has 3 atom stereocenters. The van der Waals surface area contributed by atoms with Gasteiger partial charge in [-0.3, -0.25) is 9.36 Å². The number of thioether (sulfide) groups is 1. The third-order valence-corrected chi connectivity index (χ3v) is 9.41. The van der Waals surface area contributed by atoms with Crippen LogP contribution in [-0.4, -0.2) is 74.5 Å². The van der Waals surface area contributed by atoms with Crippen LogP contribution in [0.2, 0.25) is 0 Å². The Morgan fingerprint density at radius 1 is 1.14 bits per heavy atom. The van der Waals surface area contributed by atoms with Gasteiger partial charge in [-0.15, -0.1) is 11.8 Å². The molecule has 2 aromatic carbocycles. The van der Waals surface area contributed by atoms with Crippen molar-refractivity contribution in [3.8, 4) is 11.1 Å². The minimum Gasteiger partial charge on any atom is -0.379 e. The number of benzene rings is 2. The first kappa shape index (κ1) is 29.9. The molecule has 0 unspecified atom stereocenters. The van der Waals surface area contributed by atoms with Gasteiger partial charge < -0.3 is 24.5 Å². The quantitative estimate of drug-likeness (QED) is 0.257. The van der Waals surface area contributed by atoms with E-state index in [9.17, 15) is 18.8 Å². The van der Waals surface area contributed by atoms with Gasteiger partial charge in [-0.25, -0.2) is 14.0 Å². The van der Waals surface area contributed by atoms with Crippen LogP contribution >= 0.6 is 11.8 Å². The first-order valence-electron chi connectivity index (χ1n) is 13.8. The van der Waals surface area contributed by atoms with Crippen molar-refractivity contribution < 1.29 is 27.1 Å². The predicted octanol–water partition coefficient (Wildman–Crippen LogP) is 4.12. The van der Waals surface area contributed by atoms with Crippen molar-refractivity contribution in [3.63, 3.8) is 0 Å². The molecule has 6 rings (SSSR count). The Bertz CT molecular complexity index is 1940. The number of carbonyl (C=O) groups is 1. The van der Waals surface area contributed by atoms with Gasteiger partial charge in [0.15, 0.2) is 0 Å². The Morgan fingerprint density at radius 2 is 1.82 bits per heavy atom.